The highest BCUT2D eigenvalue weighted by Gasteiger charge is 2.02. The standard InChI is InChI=1S/C15H18O/c1-2-3-4-5-6-10-13-15(16)14-11-8-7-9-12-14/h2,4-12,15-16H,1,3,13H2/b5-4-,10-6-. The van der Waals surface area contributed by atoms with E-state index in [1.54, 1.807) is 0 Å². The fourth-order valence-corrected chi connectivity index (χ4v) is 1.35. The molecule has 0 aliphatic rings. The summed E-state index contributed by atoms with van der Waals surface area (Å²) in [6.45, 7) is 3.63. The van der Waals surface area contributed by atoms with Crippen LogP contribution in [0.5, 0.6) is 0 Å². The lowest BCUT2D eigenvalue weighted by Gasteiger charge is -2.06. The van der Waals surface area contributed by atoms with Gasteiger partial charge in [-0.05, 0) is 18.4 Å². The first-order chi connectivity index (χ1) is 7.84. The van der Waals surface area contributed by atoms with Crippen LogP contribution in [0.25, 0.3) is 0 Å². The molecule has 1 heteroatoms. The van der Waals surface area contributed by atoms with Gasteiger partial charge in [-0.1, -0.05) is 60.7 Å². The Bertz CT molecular complexity index is 349. The predicted molar refractivity (Wildman–Crippen MR) is 69.1 cm³/mol. The zero-order chi connectivity index (χ0) is 11.6. The van der Waals surface area contributed by atoms with E-state index in [1.807, 2.05) is 60.7 Å². The summed E-state index contributed by atoms with van der Waals surface area (Å²) in [6, 6.07) is 9.70. The highest BCUT2D eigenvalue weighted by Crippen LogP contribution is 2.15. The van der Waals surface area contributed by atoms with Gasteiger partial charge in [-0.3, -0.25) is 0 Å². The molecule has 1 aromatic rings. The highest BCUT2D eigenvalue weighted by atomic mass is 16.3. The molecule has 0 aromatic heterocycles. The zero-order valence-electron chi connectivity index (χ0n) is 9.42. The SMILES string of the molecule is C=CC/C=C\C=C/CC(O)c1ccccc1. The molecule has 0 spiro atoms. The van der Waals surface area contributed by atoms with E-state index in [-0.39, 0.29) is 0 Å². The van der Waals surface area contributed by atoms with Crippen molar-refractivity contribution in [3.8, 4) is 0 Å². The summed E-state index contributed by atoms with van der Waals surface area (Å²) in [5, 5.41) is 9.83. The largest absolute Gasteiger partial charge is 0.388 e. The van der Waals surface area contributed by atoms with Crippen LogP contribution in [0.4, 0.5) is 0 Å². The van der Waals surface area contributed by atoms with Gasteiger partial charge < -0.3 is 5.11 Å². The molecule has 0 heterocycles. The quantitative estimate of drug-likeness (QED) is 0.564. The summed E-state index contributed by atoms with van der Waals surface area (Å²) < 4.78 is 0. The van der Waals surface area contributed by atoms with E-state index in [4.69, 9.17) is 0 Å². The molecular formula is C15H18O. The van der Waals surface area contributed by atoms with Gasteiger partial charge in [-0.15, -0.1) is 6.58 Å². The summed E-state index contributed by atoms with van der Waals surface area (Å²) in [7, 11) is 0. The summed E-state index contributed by atoms with van der Waals surface area (Å²) in [5.41, 5.74) is 0.960. The van der Waals surface area contributed by atoms with Crippen molar-refractivity contribution in [2.75, 3.05) is 0 Å². The van der Waals surface area contributed by atoms with Crippen LogP contribution < -0.4 is 0 Å². The third-order valence-corrected chi connectivity index (χ3v) is 2.23. The first-order valence-electron chi connectivity index (χ1n) is 5.50. The van der Waals surface area contributed by atoms with Crippen molar-refractivity contribution in [2.45, 2.75) is 18.9 Å². The Labute approximate surface area is 97.4 Å². The molecule has 0 radical (unpaired) electrons. The van der Waals surface area contributed by atoms with E-state index in [0.717, 1.165) is 12.0 Å². The number of hydrogen-bond donors (Lipinski definition) is 1. The van der Waals surface area contributed by atoms with E-state index in [9.17, 15) is 5.11 Å². The minimum atomic E-state index is -0.412. The van der Waals surface area contributed by atoms with Gasteiger partial charge in [-0.25, -0.2) is 0 Å². The Kier molecular flexibility index (Phi) is 5.97. The molecule has 0 bridgehead atoms. The van der Waals surface area contributed by atoms with E-state index in [0.29, 0.717) is 6.42 Å². The van der Waals surface area contributed by atoms with Gasteiger partial charge in [0.05, 0.1) is 6.10 Å². The average molecular weight is 214 g/mol. The minimum absolute atomic E-state index is 0.412. The van der Waals surface area contributed by atoms with Crippen LogP contribution in [-0.2, 0) is 0 Å². The molecule has 16 heavy (non-hydrogen) atoms. The van der Waals surface area contributed by atoms with Crippen LogP contribution in [0, 0.1) is 0 Å². The maximum absolute atomic E-state index is 9.83. The lowest BCUT2D eigenvalue weighted by Crippen LogP contribution is -1.94. The van der Waals surface area contributed by atoms with E-state index in [1.165, 1.54) is 0 Å². The van der Waals surface area contributed by atoms with Gasteiger partial charge in [0, 0.05) is 0 Å². The van der Waals surface area contributed by atoms with Crippen molar-refractivity contribution in [3.05, 3.63) is 72.9 Å². The van der Waals surface area contributed by atoms with Crippen molar-refractivity contribution in [1.29, 1.82) is 0 Å². The predicted octanol–water partition coefficient (Wildman–Crippen LogP) is 3.80. The second-order valence-corrected chi connectivity index (χ2v) is 3.54. The summed E-state index contributed by atoms with van der Waals surface area (Å²) in [4.78, 5) is 0. The Morgan fingerprint density at radius 1 is 1.12 bits per heavy atom. The molecule has 1 rings (SSSR count). The molecule has 0 fully saturated rings. The maximum atomic E-state index is 9.83. The van der Waals surface area contributed by atoms with Crippen molar-refractivity contribution >= 4 is 0 Å². The second-order valence-electron chi connectivity index (χ2n) is 3.54. The number of aliphatic hydroxyl groups is 1. The lowest BCUT2D eigenvalue weighted by molar-refractivity contribution is 0.181. The van der Waals surface area contributed by atoms with Gasteiger partial charge in [-0.2, -0.15) is 0 Å². The van der Waals surface area contributed by atoms with Gasteiger partial charge >= 0.3 is 0 Å². The normalized spacial score (nSPS) is 13.3. The molecule has 0 aliphatic carbocycles. The van der Waals surface area contributed by atoms with Gasteiger partial charge in [0.25, 0.3) is 0 Å². The second kappa shape index (κ2) is 7.66. The lowest BCUT2D eigenvalue weighted by atomic mass is 10.1. The molecule has 0 saturated heterocycles. The van der Waals surface area contributed by atoms with Gasteiger partial charge in [0.1, 0.15) is 0 Å². The molecule has 0 amide bonds. The molecular weight excluding hydrogens is 196 g/mol. The monoisotopic (exact) mass is 214 g/mol. The van der Waals surface area contributed by atoms with Crippen LogP contribution in [0.15, 0.2) is 67.3 Å². The number of hydrogen-bond acceptors (Lipinski definition) is 1. The first kappa shape index (κ1) is 12.5. The van der Waals surface area contributed by atoms with Crippen molar-refractivity contribution < 1.29 is 5.11 Å². The maximum Gasteiger partial charge on any atom is 0.0824 e. The van der Waals surface area contributed by atoms with Crippen LogP contribution in [0.3, 0.4) is 0 Å². The first-order valence-corrected chi connectivity index (χ1v) is 5.50. The Morgan fingerprint density at radius 2 is 1.81 bits per heavy atom. The van der Waals surface area contributed by atoms with E-state index >= 15 is 0 Å². The molecule has 1 aromatic carbocycles. The van der Waals surface area contributed by atoms with Gasteiger partial charge in [0.2, 0.25) is 0 Å². The molecule has 0 saturated carbocycles. The summed E-state index contributed by atoms with van der Waals surface area (Å²) in [5.74, 6) is 0. The average Bonchev–Trinajstić information content (AvgIpc) is 2.34. The number of allylic oxidation sites excluding steroid dienone is 4. The minimum Gasteiger partial charge on any atom is -0.388 e. The van der Waals surface area contributed by atoms with Crippen LogP contribution in [0.2, 0.25) is 0 Å². The fraction of sp³-hybridized carbons (Fsp3) is 0.200. The highest BCUT2D eigenvalue weighted by molar-refractivity contribution is 5.18. The van der Waals surface area contributed by atoms with Crippen molar-refractivity contribution in [1.82, 2.24) is 0 Å². The van der Waals surface area contributed by atoms with Crippen molar-refractivity contribution in [3.63, 3.8) is 0 Å². The molecule has 1 atom stereocenters. The Morgan fingerprint density at radius 3 is 2.50 bits per heavy atom. The van der Waals surface area contributed by atoms with Crippen molar-refractivity contribution in [2.24, 2.45) is 0 Å². The third kappa shape index (κ3) is 4.76. The number of aliphatic hydroxyl groups excluding tert-OH is 1. The molecule has 1 nitrogen and oxygen atoms in total. The molecule has 84 valence electrons. The summed E-state index contributed by atoms with van der Waals surface area (Å²) >= 11 is 0. The summed E-state index contributed by atoms with van der Waals surface area (Å²) in [6.07, 6.45) is 10.9. The smallest absolute Gasteiger partial charge is 0.0824 e. The fourth-order valence-electron chi connectivity index (χ4n) is 1.35. The Balaban J connectivity index is 2.35. The number of rotatable bonds is 6. The molecule has 1 unspecified atom stereocenters. The van der Waals surface area contributed by atoms with Crippen LogP contribution in [0.1, 0.15) is 24.5 Å². The molecule has 0 aliphatic heterocycles. The van der Waals surface area contributed by atoms with E-state index < -0.39 is 6.10 Å². The van der Waals surface area contributed by atoms with E-state index in [2.05, 4.69) is 6.58 Å². The molecule has 1 N–H and O–H groups in total. The van der Waals surface area contributed by atoms with Gasteiger partial charge in [0.15, 0.2) is 0 Å². The number of benzene rings is 1. The Hall–Kier alpha value is -1.60. The van der Waals surface area contributed by atoms with Crippen LogP contribution >= 0.6 is 0 Å². The zero-order valence-corrected chi connectivity index (χ0v) is 9.42. The topological polar surface area (TPSA) is 20.2 Å². The van der Waals surface area contributed by atoms with Crippen LogP contribution in [-0.4, -0.2) is 5.11 Å². The third-order valence-electron chi connectivity index (χ3n) is 2.23.